The first-order valence-corrected chi connectivity index (χ1v) is 7.80. The maximum absolute atomic E-state index is 12.1. The molecule has 2 rings (SSSR count). The number of carbonyl (C=O) groups is 1. The number of benzene rings is 2. The molecule has 0 spiro atoms. The molecular weight excluding hydrogens is 393 g/mol. The summed E-state index contributed by atoms with van der Waals surface area (Å²) in [5.41, 5.74) is 2.32. The second-order valence-electron chi connectivity index (χ2n) is 3.91. The SMILES string of the molecule is O=C(Nc1ccc(Br)cc1Cl)c1ccc(CBr)cc1. The summed E-state index contributed by atoms with van der Waals surface area (Å²) < 4.78 is 0.872. The number of anilines is 1. The van der Waals surface area contributed by atoms with Gasteiger partial charge in [-0.2, -0.15) is 0 Å². The Morgan fingerprint density at radius 2 is 1.84 bits per heavy atom. The van der Waals surface area contributed by atoms with E-state index in [1.165, 1.54) is 0 Å². The minimum absolute atomic E-state index is 0.176. The van der Waals surface area contributed by atoms with Crippen LogP contribution in [0.25, 0.3) is 0 Å². The Bertz CT molecular complexity index is 599. The molecule has 0 radical (unpaired) electrons. The van der Waals surface area contributed by atoms with Crippen LogP contribution in [0.4, 0.5) is 5.69 Å². The predicted molar refractivity (Wildman–Crippen MR) is 86.2 cm³/mol. The van der Waals surface area contributed by atoms with Crippen LogP contribution in [0.2, 0.25) is 5.02 Å². The van der Waals surface area contributed by atoms with Gasteiger partial charge in [-0.05, 0) is 35.9 Å². The van der Waals surface area contributed by atoms with Gasteiger partial charge in [0.25, 0.3) is 5.91 Å². The Labute approximate surface area is 133 Å². The van der Waals surface area contributed by atoms with Gasteiger partial charge in [0, 0.05) is 15.4 Å². The average Bonchev–Trinajstić information content (AvgIpc) is 2.42. The van der Waals surface area contributed by atoms with Gasteiger partial charge in [-0.3, -0.25) is 4.79 Å². The molecule has 5 heteroatoms. The zero-order valence-corrected chi connectivity index (χ0v) is 13.7. The quantitative estimate of drug-likeness (QED) is 0.697. The van der Waals surface area contributed by atoms with Gasteiger partial charge < -0.3 is 5.32 Å². The molecule has 2 nitrogen and oxygen atoms in total. The van der Waals surface area contributed by atoms with Crippen LogP contribution in [0.5, 0.6) is 0 Å². The van der Waals surface area contributed by atoms with E-state index in [2.05, 4.69) is 37.2 Å². The smallest absolute Gasteiger partial charge is 0.255 e. The molecule has 0 atom stereocenters. The van der Waals surface area contributed by atoms with E-state index in [0.29, 0.717) is 16.3 Å². The maximum atomic E-state index is 12.1. The topological polar surface area (TPSA) is 29.1 Å². The van der Waals surface area contributed by atoms with E-state index in [1.807, 2.05) is 18.2 Å². The van der Waals surface area contributed by atoms with Crippen molar-refractivity contribution in [2.45, 2.75) is 5.33 Å². The van der Waals surface area contributed by atoms with Crippen LogP contribution in [0.3, 0.4) is 0 Å². The van der Waals surface area contributed by atoms with E-state index >= 15 is 0 Å². The van der Waals surface area contributed by atoms with E-state index in [1.54, 1.807) is 24.3 Å². The lowest BCUT2D eigenvalue weighted by Crippen LogP contribution is -2.12. The minimum Gasteiger partial charge on any atom is -0.321 e. The third kappa shape index (κ3) is 3.81. The van der Waals surface area contributed by atoms with Crippen molar-refractivity contribution in [1.29, 1.82) is 0 Å². The Morgan fingerprint density at radius 3 is 2.42 bits per heavy atom. The summed E-state index contributed by atoms with van der Waals surface area (Å²) in [7, 11) is 0. The van der Waals surface area contributed by atoms with Crippen molar-refractivity contribution in [2.24, 2.45) is 0 Å². The van der Waals surface area contributed by atoms with Crippen LogP contribution >= 0.6 is 43.5 Å². The molecule has 98 valence electrons. The Morgan fingerprint density at radius 1 is 1.16 bits per heavy atom. The summed E-state index contributed by atoms with van der Waals surface area (Å²) in [6.07, 6.45) is 0. The molecule has 0 fully saturated rings. The van der Waals surface area contributed by atoms with Crippen molar-refractivity contribution in [3.8, 4) is 0 Å². The first-order chi connectivity index (χ1) is 9.10. The number of alkyl halides is 1. The molecule has 0 saturated carbocycles. The third-order valence-electron chi connectivity index (χ3n) is 2.55. The van der Waals surface area contributed by atoms with Gasteiger partial charge in [0.05, 0.1) is 10.7 Å². The molecule has 1 N–H and O–H groups in total. The summed E-state index contributed by atoms with van der Waals surface area (Å²) in [6.45, 7) is 0. The molecule has 0 heterocycles. The largest absolute Gasteiger partial charge is 0.321 e. The molecular formula is C14H10Br2ClNO. The van der Waals surface area contributed by atoms with Crippen LogP contribution in [0.15, 0.2) is 46.9 Å². The molecule has 0 aliphatic rings. The number of halogens is 3. The lowest BCUT2D eigenvalue weighted by Gasteiger charge is -2.08. The average molecular weight is 404 g/mol. The van der Waals surface area contributed by atoms with Gasteiger partial charge in [-0.15, -0.1) is 0 Å². The highest BCUT2D eigenvalue weighted by atomic mass is 79.9. The number of rotatable bonds is 3. The standard InChI is InChI=1S/C14H10Br2ClNO/c15-8-9-1-3-10(4-2-9)14(19)18-13-6-5-11(16)7-12(13)17/h1-7H,8H2,(H,18,19). The minimum atomic E-state index is -0.176. The van der Waals surface area contributed by atoms with Gasteiger partial charge in [0.1, 0.15) is 0 Å². The third-order valence-corrected chi connectivity index (χ3v) is 4.00. The van der Waals surface area contributed by atoms with Crippen LogP contribution in [0.1, 0.15) is 15.9 Å². The van der Waals surface area contributed by atoms with Crippen LogP contribution in [-0.2, 0) is 5.33 Å². The summed E-state index contributed by atoms with van der Waals surface area (Å²) >= 11 is 12.7. The van der Waals surface area contributed by atoms with Crippen molar-refractivity contribution in [2.75, 3.05) is 5.32 Å². The predicted octanol–water partition coefficient (Wildman–Crippen LogP) is 5.25. The molecule has 0 unspecified atom stereocenters. The summed E-state index contributed by atoms with van der Waals surface area (Å²) in [5.74, 6) is -0.176. The van der Waals surface area contributed by atoms with Crippen molar-refractivity contribution in [1.82, 2.24) is 0 Å². The fourth-order valence-electron chi connectivity index (χ4n) is 1.53. The maximum Gasteiger partial charge on any atom is 0.255 e. The fraction of sp³-hybridized carbons (Fsp3) is 0.0714. The summed E-state index contributed by atoms with van der Waals surface area (Å²) in [4.78, 5) is 12.1. The van der Waals surface area contributed by atoms with Gasteiger partial charge in [-0.1, -0.05) is 55.6 Å². The first-order valence-electron chi connectivity index (χ1n) is 5.51. The lowest BCUT2D eigenvalue weighted by atomic mass is 10.1. The fourth-order valence-corrected chi connectivity index (χ4v) is 2.63. The van der Waals surface area contributed by atoms with Crippen molar-refractivity contribution < 1.29 is 4.79 Å². The van der Waals surface area contributed by atoms with Crippen LogP contribution in [-0.4, -0.2) is 5.91 Å². The van der Waals surface area contributed by atoms with E-state index in [4.69, 9.17) is 11.6 Å². The first kappa shape index (κ1) is 14.6. The monoisotopic (exact) mass is 401 g/mol. The zero-order chi connectivity index (χ0) is 13.8. The van der Waals surface area contributed by atoms with Crippen LogP contribution < -0.4 is 5.32 Å². The number of hydrogen-bond acceptors (Lipinski definition) is 1. The molecule has 0 bridgehead atoms. The number of hydrogen-bond donors (Lipinski definition) is 1. The molecule has 1 amide bonds. The lowest BCUT2D eigenvalue weighted by molar-refractivity contribution is 0.102. The molecule has 19 heavy (non-hydrogen) atoms. The number of nitrogens with one attached hydrogen (secondary N) is 1. The highest BCUT2D eigenvalue weighted by molar-refractivity contribution is 9.10. The molecule has 2 aromatic rings. The zero-order valence-electron chi connectivity index (χ0n) is 9.79. The van der Waals surface area contributed by atoms with Crippen molar-refractivity contribution in [3.63, 3.8) is 0 Å². The molecule has 0 aliphatic carbocycles. The highest BCUT2D eigenvalue weighted by Gasteiger charge is 2.08. The molecule has 0 saturated heterocycles. The normalized spacial score (nSPS) is 10.3. The van der Waals surface area contributed by atoms with Gasteiger partial charge in [0.15, 0.2) is 0 Å². The van der Waals surface area contributed by atoms with E-state index in [0.717, 1.165) is 15.4 Å². The second kappa shape index (κ2) is 6.55. The molecule has 0 aromatic heterocycles. The number of amides is 1. The van der Waals surface area contributed by atoms with E-state index < -0.39 is 0 Å². The van der Waals surface area contributed by atoms with Crippen LogP contribution in [0, 0.1) is 0 Å². The highest BCUT2D eigenvalue weighted by Crippen LogP contribution is 2.26. The Kier molecular flexibility index (Phi) is 5.02. The molecule has 2 aromatic carbocycles. The molecule has 0 aliphatic heterocycles. The Balaban J connectivity index is 2.15. The van der Waals surface area contributed by atoms with E-state index in [9.17, 15) is 4.79 Å². The number of carbonyl (C=O) groups excluding carboxylic acids is 1. The summed E-state index contributed by atoms with van der Waals surface area (Å²) in [5, 5.41) is 4.06. The second-order valence-corrected chi connectivity index (χ2v) is 5.79. The van der Waals surface area contributed by atoms with Crippen molar-refractivity contribution in [3.05, 3.63) is 63.1 Å². The van der Waals surface area contributed by atoms with Crippen molar-refractivity contribution >= 4 is 55.1 Å². The van der Waals surface area contributed by atoms with Gasteiger partial charge in [0.2, 0.25) is 0 Å². The van der Waals surface area contributed by atoms with Gasteiger partial charge >= 0.3 is 0 Å². The Hall–Kier alpha value is -0.840. The summed E-state index contributed by atoms with van der Waals surface area (Å²) in [6, 6.07) is 12.7. The van der Waals surface area contributed by atoms with E-state index in [-0.39, 0.29) is 5.91 Å². The van der Waals surface area contributed by atoms with Gasteiger partial charge in [-0.25, -0.2) is 0 Å².